The Kier molecular flexibility index (Phi) is 8.53. The minimum atomic E-state index is -3.81. The molecule has 1 aromatic rings. The van der Waals surface area contributed by atoms with Gasteiger partial charge in [-0.25, -0.2) is 8.42 Å². The van der Waals surface area contributed by atoms with Crippen molar-refractivity contribution in [3.8, 4) is 11.5 Å². The fraction of sp³-hybridized carbons (Fsp3) is 0.667. The summed E-state index contributed by atoms with van der Waals surface area (Å²) in [6.07, 6.45) is 2.18. The van der Waals surface area contributed by atoms with Crippen LogP contribution in [0.5, 0.6) is 11.5 Å². The topological polar surface area (TPSA) is 97.4 Å². The quantitative estimate of drug-likeness (QED) is 0.554. The van der Waals surface area contributed by atoms with Gasteiger partial charge < -0.3 is 19.5 Å². The van der Waals surface area contributed by atoms with E-state index in [9.17, 15) is 13.2 Å². The molecule has 2 aliphatic heterocycles. The largest absolute Gasteiger partial charge is 0.497 e. The number of morpholine rings is 1. The Bertz CT molecular complexity index is 842. The standard InChI is InChI=1S/C21H33N3O6S/c1-28-18-6-7-19(29-2)20(15-18)31(26,27)24-10-3-5-17(16-24)21(25)22-8-4-9-23-11-13-30-14-12-23/h6-7,15,17H,3-5,8-14,16H2,1-2H3,(H,22,25)/t17-/m1/s1. The summed E-state index contributed by atoms with van der Waals surface area (Å²) in [6, 6.07) is 4.69. The van der Waals surface area contributed by atoms with Crippen molar-refractivity contribution in [1.29, 1.82) is 0 Å². The summed E-state index contributed by atoms with van der Waals surface area (Å²) in [7, 11) is -0.894. The van der Waals surface area contributed by atoms with Crippen molar-refractivity contribution < 1.29 is 27.4 Å². The van der Waals surface area contributed by atoms with E-state index in [0.717, 1.165) is 39.3 Å². The number of ether oxygens (including phenoxy) is 3. The summed E-state index contributed by atoms with van der Waals surface area (Å²) in [6.45, 7) is 5.43. The minimum Gasteiger partial charge on any atom is -0.497 e. The second kappa shape index (κ2) is 11.1. The summed E-state index contributed by atoms with van der Waals surface area (Å²) < 4.78 is 43.7. The van der Waals surface area contributed by atoms with Crippen LogP contribution in [0.1, 0.15) is 19.3 Å². The number of piperidine rings is 1. The molecule has 0 aliphatic carbocycles. The molecule has 2 fully saturated rings. The molecule has 1 amide bonds. The van der Waals surface area contributed by atoms with E-state index in [4.69, 9.17) is 14.2 Å². The van der Waals surface area contributed by atoms with Crippen molar-refractivity contribution in [3.63, 3.8) is 0 Å². The van der Waals surface area contributed by atoms with Gasteiger partial charge in [0.1, 0.15) is 16.4 Å². The number of nitrogens with zero attached hydrogens (tertiary/aromatic N) is 2. The van der Waals surface area contributed by atoms with Crippen molar-refractivity contribution >= 4 is 15.9 Å². The highest BCUT2D eigenvalue weighted by Crippen LogP contribution is 2.32. The zero-order chi connectivity index (χ0) is 22.3. The molecule has 10 heteroatoms. The zero-order valence-electron chi connectivity index (χ0n) is 18.3. The number of hydrogen-bond acceptors (Lipinski definition) is 7. The maximum Gasteiger partial charge on any atom is 0.246 e. The van der Waals surface area contributed by atoms with Crippen LogP contribution in [0.25, 0.3) is 0 Å². The fourth-order valence-corrected chi connectivity index (χ4v) is 5.68. The molecule has 0 saturated carbocycles. The number of nitrogens with one attached hydrogen (secondary N) is 1. The summed E-state index contributed by atoms with van der Waals surface area (Å²) >= 11 is 0. The van der Waals surface area contributed by atoms with Crippen LogP contribution in [-0.2, 0) is 19.6 Å². The fourth-order valence-electron chi connectivity index (χ4n) is 3.98. The summed E-state index contributed by atoms with van der Waals surface area (Å²) in [4.78, 5) is 15.1. The molecule has 0 spiro atoms. The van der Waals surface area contributed by atoms with E-state index in [1.54, 1.807) is 12.1 Å². The Morgan fingerprint density at radius 1 is 1.19 bits per heavy atom. The number of carbonyl (C=O) groups is 1. The van der Waals surface area contributed by atoms with Gasteiger partial charge in [-0.2, -0.15) is 4.31 Å². The maximum atomic E-state index is 13.3. The maximum absolute atomic E-state index is 13.3. The number of amides is 1. The molecule has 1 aromatic carbocycles. The van der Waals surface area contributed by atoms with Gasteiger partial charge in [0.25, 0.3) is 0 Å². The number of sulfonamides is 1. The van der Waals surface area contributed by atoms with Crippen molar-refractivity contribution in [2.75, 3.05) is 66.7 Å². The van der Waals surface area contributed by atoms with Gasteiger partial charge in [0.15, 0.2) is 0 Å². The molecule has 1 atom stereocenters. The minimum absolute atomic E-state index is 0.0564. The van der Waals surface area contributed by atoms with Crippen LogP contribution in [0.3, 0.4) is 0 Å². The first-order valence-corrected chi connectivity index (χ1v) is 12.2. The van der Waals surface area contributed by atoms with Crippen LogP contribution in [0.4, 0.5) is 0 Å². The van der Waals surface area contributed by atoms with Crippen LogP contribution in [0.15, 0.2) is 23.1 Å². The second-order valence-corrected chi connectivity index (χ2v) is 9.72. The van der Waals surface area contributed by atoms with Crippen molar-refractivity contribution in [1.82, 2.24) is 14.5 Å². The molecule has 9 nitrogen and oxygen atoms in total. The first-order valence-electron chi connectivity index (χ1n) is 10.8. The van der Waals surface area contributed by atoms with Gasteiger partial charge >= 0.3 is 0 Å². The predicted molar refractivity (Wildman–Crippen MR) is 116 cm³/mol. The van der Waals surface area contributed by atoms with Gasteiger partial charge in [0.05, 0.1) is 33.4 Å². The van der Waals surface area contributed by atoms with Gasteiger partial charge in [-0.1, -0.05) is 0 Å². The van der Waals surface area contributed by atoms with E-state index in [-0.39, 0.29) is 29.0 Å². The molecule has 0 aromatic heterocycles. The first-order chi connectivity index (χ1) is 15.0. The molecule has 2 aliphatic rings. The predicted octanol–water partition coefficient (Wildman–Crippen LogP) is 0.943. The van der Waals surface area contributed by atoms with Crippen LogP contribution in [0, 0.1) is 5.92 Å². The Hall–Kier alpha value is -1.88. The Morgan fingerprint density at radius 3 is 2.68 bits per heavy atom. The molecule has 31 heavy (non-hydrogen) atoms. The van der Waals surface area contributed by atoms with Crippen molar-refractivity contribution in [2.24, 2.45) is 5.92 Å². The van der Waals surface area contributed by atoms with E-state index < -0.39 is 10.0 Å². The van der Waals surface area contributed by atoms with Gasteiger partial charge in [0, 0.05) is 38.8 Å². The highest BCUT2D eigenvalue weighted by atomic mass is 32.2. The third-order valence-electron chi connectivity index (χ3n) is 5.80. The molecule has 0 radical (unpaired) electrons. The smallest absolute Gasteiger partial charge is 0.246 e. The van der Waals surface area contributed by atoms with Crippen LogP contribution in [-0.4, -0.2) is 90.2 Å². The normalized spacial score (nSPS) is 20.9. The molecule has 2 heterocycles. The van der Waals surface area contributed by atoms with Crippen LogP contribution >= 0.6 is 0 Å². The average molecular weight is 456 g/mol. The third-order valence-corrected chi connectivity index (χ3v) is 7.68. The lowest BCUT2D eigenvalue weighted by atomic mass is 9.99. The first kappa shape index (κ1) is 23.8. The summed E-state index contributed by atoms with van der Waals surface area (Å²) in [5, 5.41) is 2.98. The number of carbonyl (C=O) groups excluding carboxylic acids is 1. The zero-order valence-corrected chi connectivity index (χ0v) is 19.2. The molecular weight excluding hydrogens is 422 g/mol. The second-order valence-electron chi connectivity index (χ2n) is 7.82. The lowest BCUT2D eigenvalue weighted by Gasteiger charge is -2.31. The summed E-state index contributed by atoms with van der Waals surface area (Å²) in [5.41, 5.74) is 0. The van der Waals surface area contributed by atoms with Crippen LogP contribution in [0.2, 0.25) is 0 Å². The van der Waals surface area contributed by atoms with Gasteiger partial charge in [-0.05, 0) is 37.9 Å². The van der Waals surface area contributed by atoms with E-state index in [1.165, 1.54) is 24.6 Å². The number of rotatable bonds is 9. The van der Waals surface area contributed by atoms with Crippen molar-refractivity contribution in [2.45, 2.75) is 24.2 Å². The Morgan fingerprint density at radius 2 is 1.97 bits per heavy atom. The molecular formula is C21H33N3O6S. The number of benzene rings is 1. The average Bonchev–Trinajstić information content (AvgIpc) is 2.82. The van der Waals surface area contributed by atoms with E-state index in [1.807, 2.05) is 0 Å². The van der Waals surface area contributed by atoms with E-state index >= 15 is 0 Å². The molecule has 1 N–H and O–H groups in total. The Labute approximate surface area is 184 Å². The molecule has 2 saturated heterocycles. The van der Waals surface area contributed by atoms with E-state index in [0.29, 0.717) is 31.7 Å². The SMILES string of the molecule is COc1ccc(OC)c(S(=O)(=O)N2CCC[C@@H](C(=O)NCCCN3CCOCC3)C2)c1. The Balaban J connectivity index is 1.57. The van der Waals surface area contributed by atoms with Gasteiger partial charge in [-0.3, -0.25) is 9.69 Å². The highest BCUT2D eigenvalue weighted by Gasteiger charge is 2.35. The molecule has 174 valence electrons. The molecule has 0 unspecified atom stereocenters. The summed E-state index contributed by atoms with van der Waals surface area (Å²) in [5.74, 6) is 0.254. The lowest BCUT2D eigenvalue weighted by molar-refractivity contribution is -0.126. The lowest BCUT2D eigenvalue weighted by Crippen LogP contribution is -2.46. The van der Waals surface area contributed by atoms with Gasteiger partial charge in [0.2, 0.25) is 15.9 Å². The van der Waals surface area contributed by atoms with Crippen LogP contribution < -0.4 is 14.8 Å². The monoisotopic (exact) mass is 455 g/mol. The highest BCUT2D eigenvalue weighted by molar-refractivity contribution is 7.89. The van der Waals surface area contributed by atoms with Crippen molar-refractivity contribution in [3.05, 3.63) is 18.2 Å². The number of methoxy groups -OCH3 is 2. The van der Waals surface area contributed by atoms with E-state index in [2.05, 4.69) is 10.2 Å². The van der Waals surface area contributed by atoms with Gasteiger partial charge in [-0.15, -0.1) is 0 Å². The molecule has 0 bridgehead atoms. The number of hydrogen-bond donors (Lipinski definition) is 1. The molecule has 3 rings (SSSR count). The third kappa shape index (κ3) is 6.09.